The van der Waals surface area contributed by atoms with Gasteiger partial charge in [-0.15, -0.1) is 11.3 Å². The van der Waals surface area contributed by atoms with Crippen molar-refractivity contribution in [1.82, 2.24) is 8.97 Å². The fourth-order valence-electron chi connectivity index (χ4n) is 7.89. The maximum absolute atomic E-state index is 2.47. The molecule has 2 nitrogen and oxygen atoms in total. The van der Waals surface area contributed by atoms with E-state index in [0.717, 1.165) is 0 Å². The molecule has 7 aromatic carbocycles. The molecule has 0 saturated carbocycles. The highest BCUT2D eigenvalue weighted by molar-refractivity contribution is 7.25. The normalized spacial score (nSPS) is 12.4. The number of rotatable bonds is 2. The third-order valence-corrected chi connectivity index (χ3v) is 11.0. The van der Waals surface area contributed by atoms with E-state index in [9.17, 15) is 0 Å². The van der Waals surface area contributed by atoms with Gasteiger partial charge in [0.15, 0.2) is 0 Å². The Bertz CT molecular complexity index is 2990. The summed E-state index contributed by atoms with van der Waals surface area (Å²) in [6, 6.07) is 54.0. The van der Waals surface area contributed by atoms with Crippen molar-refractivity contribution in [3.63, 3.8) is 0 Å². The second-order valence-corrected chi connectivity index (χ2v) is 13.2. The van der Waals surface area contributed by atoms with Gasteiger partial charge in [-0.2, -0.15) is 0 Å². The molecule has 4 aromatic heterocycles. The van der Waals surface area contributed by atoms with Gasteiger partial charge in [-0.05, 0) is 59.7 Å². The third-order valence-electron chi connectivity index (χ3n) is 9.85. The van der Waals surface area contributed by atoms with Crippen LogP contribution in [0.5, 0.6) is 0 Å². The Hall–Kier alpha value is -5.64. The average Bonchev–Trinajstić information content (AvgIpc) is 3.83. The molecule has 0 unspecified atom stereocenters. The molecule has 4 heterocycles. The molecule has 208 valence electrons. The number of fused-ring (bicyclic) bond motifs is 12. The van der Waals surface area contributed by atoms with Gasteiger partial charge in [0.05, 0.1) is 27.6 Å². The lowest BCUT2D eigenvalue weighted by Crippen LogP contribution is -1.93. The van der Waals surface area contributed by atoms with Crippen LogP contribution in [0.1, 0.15) is 0 Å². The topological polar surface area (TPSA) is 9.34 Å². The van der Waals surface area contributed by atoms with Gasteiger partial charge in [-0.1, -0.05) is 97.1 Å². The number of benzene rings is 7. The van der Waals surface area contributed by atoms with Crippen molar-refractivity contribution in [3.05, 3.63) is 146 Å². The van der Waals surface area contributed by atoms with E-state index < -0.39 is 0 Å². The zero-order valence-corrected chi connectivity index (χ0v) is 25.0. The van der Waals surface area contributed by atoms with Crippen molar-refractivity contribution in [1.29, 1.82) is 0 Å². The first kappa shape index (κ1) is 23.8. The largest absolute Gasteiger partial charge is 0.309 e. The molecule has 0 atom stereocenters. The molecular formula is C42H24N2S. The fraction of sp³-hybridized carbons (Fsp3) is 0. The van der Waals surface area contributed by atoms with Gasteiger partial charge in [0.2, 0.25) is 0 Å². The minimum Gasteiger partial charge on any atom is -0.309 e. The van der Waals surface area contributed by atoms with Gasteiger partial charge >= 0.3 is 0 Å². The number of hydrogen-bond acceptors (Lipinski definition) is 1. The standard InChI is InChI=1S/C42H24N2S/c1-5-14-37-28(8-1)33-11-7-12-34-30-19-16-26(23-39(30)44(37)42(33)34)25-17-21-38-35(22-25)29-9-2-4-13-36(29)43(38)27-18-20-32-31-10-3-6-15-40(31)45-41(32)24-27/h1-24H. The highest BCUT2D eigenvalue weighted by atomic mass is 32.1. The molecule has 0 fully saturated rings. The molecule has 0 N–H and O–H groups in total. The fourth-order valence-corrected chi connectivity index (χ4v) is 9.03. The molecule has 0 bridgehead atoms. The maximum Gasteiger partial charge on any atom is 0.0620 e. The van der Waals surface area contributed by atoms with Crippen LogP contribution >= 0.6 is 11.3 Å². The zero-order valence-electron chi connectivity index (χ0n) is 24.2. The van der Waals surface area contributed by atoms with Gasteiger partial charge in [-0.25, -0.2) is 0 Å². The maximum atomic E-state index is 2.47. The first-order valence-corrected chi connectivity index (χ1v) is 16.3. The smallest absolute Gasteiger partial charge is 0.0620 e. The van der Waals surface area contributed by atoms with Crippen LogP contribution in [0.4, 0.5) is 0 Å². The number of hydrogen-bond donors (Lipinski definition) is 0. The van der Waals surface area contributed by atoms with E-state index in [1.807, 2.05) is 11.3 Å². The van der Waals surface area contributed by atoms with Crippen molar-refractivity contribution in [2.45, 2.75) is 0 Å². The van der Waals surface area contributed by atoms with Crippen LogP contribution in [0.2, 0.25) is 0 Å². The lowest BCUT2D eigenvalue weighted by Gasteiger charge is -2.09. The van der Waals surface area contributed by atoms with Crippen molar-refractivity contribution < 1.29 is 0 Å². The lowest BCUT2D eigenvalue weighted by molar-refractivity contribution is 1.19. The van der Waals surface area contributed by atoms with E-state index >= 15 is 0 Å². The predicted octanol–water partition coefficient (Wildman–Crippen LogP) is 12.0. The summed E-state index contributed by atoms with van der Waals surface area (Å²) >= 11 is 1.87. The van der Waals surface area contributed by atoms with Crippen LogP contribution in [0.15, 0.2) is 146 Å². The van der Waals surface area contributed by atoms with E-state index in [1.165, 1.54) is 96.9 Å². The Morgan fingerprint density at radius 2 is 0.956 bits per heavy atom. The van der Waals surface area contributed by atoms with Crippen LogP contribution in [0.25, 0.3) is 96.9 Å². The quantitative estimate of drug-likeness (QED) is 0.190. The second kappa shape index (κ2) is 8.50. The molecule has 0 aliphatic heterocycles. The zero-order chi connectivity index (χ0) is 29.2. The molecule has 0 radical (unpaired) electrons. The monoisotopic (exact) mass is 588 g/mol. The molecule has 11 rings (SSSR count). The highest BCUT2D eigenvalue weighted by Crippen LogP contribution is 2.42. The van der Waals surface area contributed by atoms with Gasteiger partial charge in [0, 0.05) is 58.2 Å². The SMILES string of the molecule is c1ccc2c(c1)sc1cc(-n3c4ccccc4c4cc(-c5ccc6c7cccc8c9ccccc9n(c6c5)c87)ccc43)ccc12. The summed E-state index contributed by atoms with van der Waals surface area (Å²) in [4.78, 5) is 0. The third kappa shape index (κ3) is 3.08. The molecule has 11 aromatic rings. The Morgan fingerprint density at radius 3 is 1.82 bits per heavy atom. The molecule has 45 heavy (non-hydrogen) atoms. The van der Waals surface area contributed by atoms with Crippen LogP contribution in [-0.2, 0) is 0 Å². The van der Waals surface area contributed by atoms with Crippen LogP contribution in [0, 0.1) is 0 Å². The Labute approximate surface area is 261 Å². The van der Waals surface area contributed by atoms with Gasteiger partial charge in [0.25, 0.3) is 0 Å². The first-order valence-electron chi connectivity index (χ1n) is 15.4. The molecule has 0 spiro atoms. The average molecular weight is 589 g/mol. The Morgan fingerprint density at radius 1 is 0.356 bits per heavy atom. The van der Waals surface area contributed by atoms with Crippen molar-refractivity contribution in [2.24, 2.45) is 0 Å². The number of nitrogens with zero attached hydrogens (tertiary/aromatic N) is 2. The second-order valence-electron chi connectivity index (χ2n) is 12.1. The molecule has 0 aliphatic rings. The van der Waals surface area contributed by atoms with Crippen LogP contribution in [0.3, 0.4) is 0 Å². The predicted molar refractivity (Wildman–Crippen MR) is 194 cm³/mol. The minimum absolute atomic E-state index is 1.20. The molecule has 0 aliphatic carbocycles. The number of para-hydroxylation sites is 3. The summed E-state index contributed by atoms with van der Waals surface area (Å²) in [6.45, 7) is 0. The summed E-state index contributed by atoms with van der Waals surface area (Å²) in [6.07, 6.45) is 0. The summed E-state index contributed by atoms with van der Waals surface area (Å²) in [5, 5.41) is 10.5. The summed E-state index contributed by atoms with van der Waals surface area (Å²) in [5.74, 6) is 0. The Kier molecular flexibility index (Phi) is 4.49. The van der Waals surface area contributed by atoms with Crippen molar-refractivity contribution in [2.75, 3.05) is 0 Å². The molecular weight excluding hydrogens is 565 g/mol. The van der Waals surface area contributed by atoms with Crippen LogP contribution in [-0.4, -0.2) is 8.97 Å². The highest BCUT2D eigenvalue weighted by Gasteiger charge is 2.18. The summed E-state index contributed by atoms with van der Waals surface area (Å²) < 4.78 is 7.55. The van der Waals surface area contributed by atoms with E-state index in [4.69, 9.17) is 0 Å². The number of thiophene rings is 1. The van der Waals surface area contributed by atoms with E-state index in [0.29, 0.717) is 0 Å². The molecule has 3 heteroatoms. The van der Waals surface area contributed by atoms with E-state index in [2.05, 4.69) is 155 Å². The minimum atomic E-state index is 1.20. The van der Waals surface area contributed by atoms with E-state index in [-0.39, 0.29) is 0 Å². The molecule has 0 saturated heterocycles. The summed E-state index contributed by atoms with van der Waals surface area (Å²) in [7, 11) is 0. The molecule has 0 amide bonds. The van der Waals surface area contributed by atoms with Gasteiger partial charge in [-0.3, -0.25) is 0 Å². The summed E-state index contributed by atoms with van der Waals surface area (Å²) in [5.41, 5.74) is 9.98. The number of aromatic nitrogens is 2. The van der Waals surface area contributed by atoms with Gasteiger partial charge in [0.1, 0.15) is 0 Å². The lowest BCUT2D eigenvalue weighted by atomic mass is 10.0. The van der Waals surface area contributed by atoms with Gasteiger partial charge < -0.3 is 8.97 Å². The van der Waals surface area contributed by atoms with Crippen molar-refractivity contribution in [3.8, 4) is 16.8 Å². The first-order chi connectivity index (χ1) is 22.3. The van der Waals surface area contributed by atoms with E-state index in [1.54, 1.807) is 0 Å². The Balaban J connectivity index is 1.14. The van der Waals surface area contributed by atoms with Crippen LogP contribution < -0.4 is 0 Å². The van der Waals surface area contributed by atoms with Crippen molar-refractivity contribution >= 4 is 91.4 Å².